The fourth-order valence-electron chi connectivity index (χ4n) is 3.66. The molecule has 1 heterocycles. The zero-order valence-electron chi connectivity index (χ0n) is 13.0. The number of rotatable bonds is 4. The Labute approximate surface area is 119 Å². The van der Waals surface area contributed by atoms with Crippen LogP contribution in [0.4, 0.5) is 0 Å². The van der Waals surface area contributed by atoms with Crippen LogP contribution in [0.5, 0.6) is 0 Å². The maximum Gasteiger partial charge on any atom is 0.0674 e. The molecule has 2 fully saturated rings. The second-order valence-electron chi connectivity index (χ2n) is 6.51. The van der Waals surface area contributed by atoms with Gasteiger partial charge in [0.2, 0.25) is 0 Å². The fraction of sp³-hybridized carbons (Fsp3) is 1.00. The van der Waals surface area contributed by atoms with Gasteiger partial charge in [0.1, 0.15) is 0 Å². The van der Waals surface area contributed by atoms with Crippen LogP contribution < -0.4 is 5.32 Å². The molecule has 112 valence electrons. The van der Waals surface area contributed by atoms with Crippen LogP contribution in [0.15, 0.2) is 0 Å². The molecule has 1 saturated heterocycles. The predicted octanol–water partition coefficient (Wildman–Crippen LogP) is 2.65. The van der Waals surface area contributed by atoms with Gasteiger partial charge in [-0.2, -0.15) is 0 Å². The minimum atomic E-state index is 0.402. The second-order valence-corrected chi connectivity index (χ2v) is 6.51. The Bertz CT molecular complexity index is 259. The van der Waals surface area contributed by atoms with Crippen LogP contribution in [0, 0.1) is 5.92 Å². The van der Waals surface area contributed by atoms with Gasteiger partial charge in [0.05, 0.1) is 12.7 Å². The quantitative estimate of drug-likeness (QED) is 0.793. The van der Waals surface area contributed by atoms with Crippen molar-refractivity contribution in [2.75, 3.05) is 26.2 Å². The van der Waals surface area contributed by atoms with E-state index in [2.05, 4.69) is 31.0 Å². The summed E-state index contributed by atoms with van der Waals surface area (Å²) in [7, 11) is 0. The van der Waals surface area contributed by atoms with Crippen molar-refractivity contribution < 1.29 is 4.74 Å². The Morgan fingerprint density at radius 1 is 1.16 bits per heavy atom. The zero-order valence-corrected chi connectivity index (χ0v) is 13.0. The van der Waals surface area contributed by atoms with Crippen LogP contribution in [-0.4, -0.2) is 49.3 Å². The molecule has 1 N–H and O–H groups in total. The molecule has 1 aliphatic heterocycles. The van der Waals surface area contributed by atoms with Gasteiger partial charge in [0.15, 0.2) is 0 Å². The summed E-state index contributed by atoms with van der Waals surface area (Å²) in [5.41, 5.74) is 0. The molecule has 0 radical (unpaired) electrons. The van der Waals surface area contributed by atoms with Gasteiger partial charge < -0.3 is 10.1 Å². The first-order valence-electron chi connectivity index (χ1n) is 8.29. The number of hydrogen-bond donors (Lipinski definition) is 1. The number of nitrogens with zero attached hydrogens (tertiary/aromatic N) is 1. The van der Waals surface area contributed by atoms with Crippen molar-refractivity contribution in [2.24, 2.45) is 5.92 Å². The standard InChI is InChI=1S/C16H32N2O/c1-4-17-16-9-7-5-6-8-15(16)11-18-10-14(3)19-12-13(18)2/h13-17H,4-12H2,1-3H3. The molecule has 0 bridgehead atoms. The minimum absolute atomic E-state index is 0.402. The molecule has 2 rings (SSSR count). The molecule has 19 heavy (non-hydrogen) atoms. The van der Waals surface area contributed by atoms with Crippen LogP contribution in [-0.2, 0) is 4.74 Å². The highest BCUT2D eigenvalue weighted by molar-refractivity contribution is 4.85. The van der Waals surface area contributed by atoms with E-state index in [0.29, 0.717) is 12.1 Å². The van der Waals surface area contributed by atoms with Crippen molar-refractivity contribution in [1.82, 2.24) is 10.2 Å². The van der Waals surface area contributed by atoms with Crippen molar-refractivity contribution in [3.63, 3.8) is 0 Å². The lowest BCUT2D eigenvalue weighted by Crippen LogP contribution is -2.51. The first-order chi connectivity index (χ1) is 9.20. The molecule has 0 aromatic rings. The van der Waals surface area contributed by atoms with E-state index in [1.54, 1.807) is 0 Å². The van der Waals surface area contributed by atoms with Crippen molar-refractivity contribution in [3.05, 3.63) is 0 Å². The maximum absolute atomic E-state index is 5.75. The third kappa shape index (κ3) is 4.44. The van der Waals surface area contributed by atoms with Gasteiger partial charge in [0.25, 0.3) is 0 Å². The van der Waals surface area contributed by atoms with Gasteiger partial charge in [-0.3, -0.25) is 4.90 Å². The van der Waals surface area contributed by atoms with Crippen molar-refractivity contribution in [1.29, 1.82) is 0 Å². The zero-order chi connectivity index (χ0) is 13.7. The van der Waals surface area contributed by atoms with E-state index in [4.69, 9.17) is 4.74 Å². The van der Waals surface area contributed by atoms with Gasteiger partial charge in [-0.1, -0.05) is 26.2 Å². The predicted molar refractivity (Wildman–Crippen MR) is 80.5 cm³/mol. The summed E-state index contributed by atoms with van der Waals surface area (Å²) in [6.45, 7) is 11.1. The lowest BCUT2D eigenvalue weighted by Gasteiger charge is -2.40. The SMILES string of the molecule is CCNC1CCCCCC1CN1CC(C)OCC1C. The van der Waals surface area contributed by atoms with Gasteiger partial charge in [-0.15, -0.1) is 0 Å². The topological polar surface area (TPSA) is 24.5 Å². The van der Waals surface area contributed by atoms with Crippen LogP contribution in [0.25, 0.3) is 0 Å². The smallest absolute Gasteiger partial charge is 0.0674 e. The summed E-state index contributed by atoms with van der Waals surface area (Å²) in [6, 6.07) is 1.32. The third-order valence-electron chi connectivity index (χ3n) is 4.83. The van der Waals surface area contributed by atoms with E-state index in [-0.39, 0.29) is 0 Å². The average Bonchev–Trinajstić information content (AvgIpc) is 2.60. The number of ether oxygens (including phenoxy) is 1. The Balaban J connectivity index is 1.93. The van der Waals surface area contributed by atoms with Gasteiger partial charge in [-0.05, 0) is 39.2 Å². The van der Waals surface area contributed by atoms with E-state index in [0.717, 1.165) is 31.7 Å². The summed E-state index contributed by atoms with van der Waals surface area (Å²) in [5, 5.41) is 3.73. The van der Waals surface area contributed by atoms with Crippen molar-refractivity contribution in [2.45, 2.75) is 71.1 Å². The van der Waals surface area contributed by atoms with Crippen molar-refractivity contribution in [3.8, 4) is 0 Å². The van der Waals surface area contributed by atoms with Gasteiger partial charge >= 0.3 is 0 Å². The number of hydrogen-bond acceptors (Lipinski definition) is 3. The highest BCUT2D eigenvalue weighted by Crippen LogP contribution is 2.26. The van der Waals surface area contributed by atoms with Gasteiger partial charge in [0, 0.05) is 25.2 Å². The highest BCUT2D eigenvalue weighted by Gasteiger charge is 2.29. The fourth-order valence-corrected chi connectivity index (χ4v) is 3.66. The van der Waals surface area contributed by atoms with E-state index in [1.807, 2.05) is 0 Å². The van der Waals surface area contributed by atoms with E-state index >= 15 is 0 Å². The number of nitrogens with one attached hydrogen (secondary N) is 1. The van der Waals surface area contributed by atoms with E-state index < -0.39 is 0 Å². The third-order valence-corrected chi connectivity index (χ3v) is 4.83. The second kappa shape index (κ2) is 7.61. The first-order valence-corrected chi connectivity index (χ1v) is 8.29. The summed E-state index contributed by atoms with van der Waals surface area (Å²) in [5.74, 6) is 0.829. The normalized spacial score (nSPS) is 38.1. The lowest BCUT2D eigenvalue weighted by molar-refractivity contribution is -0.0560. The minimum Gasteiger partial charge on any atom is -0.376 e. The molecule has 0 spiro atoms. The molecule has 0 amide bonds. The summed E-state index contributed by atoms with van der Waals surface area (Å²) < 4.78 is 5.75. The molecule has 4 atom stereocenters. The molecule has 3 nitrogen and oxygen atoms in total. The molecule has 1 aliphatic carbocycles. The van der Waals surface area contributed by atoms with Crippen LogP contribution >= 0.6 is 0 Å². The molecule has 0 aromatic carbocycles. The Hall–Kier alpha value is -0.120. The summed E-state index contributed by atoms with van der Waals surface area (Å²) >= 11 is 0. The largest absolute Gasteiger partial charge is 0.376 e. The lowest BCUT2D eigenvalue weighted by atomic mass is 9.93. The summed E-state index contributed by atoms with van der Waals surface area (Å²) in [4.78, 5) is 2.66. The van der Waals surface area contributed by atoms with E-state index in [9.17, 15) is 0 Å². The Kier molecular flexibility index (Phi) is 6.11. The molecular formula is C16H32N2O. The molecule has 2 aliphatic rings. The van der Waals surface area contributed by atoms with Crippen LogP contribution in [0.1, 0.15) is 52.9 Å². The Morgan fingerprint density at radius 2 is 1.95 bits per heavy atom. The molecule has 1 saturated carbocycles. The maximum atomic E-state index is 5.75. The molecule has 4 unspecified atom stereocenters. The van der Waals surface area contributed by atoms with Crippen molar-refractivity contribution >= 4 is 0 Å². The first kappa shape index (κ1) is 15.3. The number of morpholine rings is 1. The Morgan fingerprint density at radius 3 is 2.74 bits per heavy atom. The molecule has 0 aromatic heterocycles. The van der Waals surface area contributed by atoms with Crippen LogP contribution in [0.2, 0.25) is 0 Å². The summed E-state index contributed by atoms with van der Waals surface area (Å²) in [6.07, 6.45) is 7.42. The highest BCUT2D eigenvalue weighted by atomic mass is 16.5. The molecular weight excluding hydrogens is 236 g/mol. The van der Waals surface area contributed by atoms with Crippen LogP contribution in [0.3, 0.4) is 0 Å². The molecule has 3 heteroatoms. The average molecular weight is 268 g/mol. The monoisotopic (exact) mass is 268 g/mol. The van der Waals surface area contributed by atoms with Gasteiger partial charge in [-0.25, -0.2) is 0 Å². The van der Waals surface area contributed by atoms with E-state index in [1.165, 1.54) is 38.6 Å².